The van der Waals surface area contributed by atoms with Crippen LogP contribution in [0.3, 0.4) is 0 Å². The molecule has 0 saturated carbocycles. The largest absolute Gasteiger partial charge is 0.394 e. The van der Waals surface area contributed by atoms with Crippen LogP contribution in [0.25, 0.3) is 0 Å². The average Bonchev–Trinajstić information content (AvgIpc) is 2.93. The maximum Gasteiger partial charge on any atom is 0.251 e. The minimum atomic E-state index is -2.09. The molecule has 10 atom stereocenters. The zero-order valence-corrected chi connectivity index (χ0v) is 21.0. The van der Waals surface area contributed by atoms with Crippen LogP contribution in [0.1, 0.15) is 38.5 Å². The van der Waals surface area contributed by atoms with Crippen LogP contribution in [0.2, 0.25) is 0 Å². The quantitative estimate of drug-likeness (QED) is 0.0580. The van der Waals surface area contributed by atoms with E-state index in [-0.39, 0.29) is 13.1 Å². The molecule has 16 heteroatoms. The molecule has 0 aromatic heterocycles. The van der Waals surface area contributed by atoms with E-state index in [1.807, 2.05) is 0 Å². The lowest BCUT2D eigenvalue weighted by atomic mass is 9.99. The van der Waals surface area contributed by atoms with Crippen molar-refractivity contribution < 1.29 is 70.9 Å². The second kappa shape index (κ2) is 19.5. The van der Waals surface area contributed by atoms with Crippen LogP contribution < -0.4 is 10.6 Å². The van der Waals surface area contributed by atoms with Crippen LogP contribution in [0.15, 0.2) is 0 Å². The standard InChI is InChI=1S/C22H44N2O14/c25-9-11(27)13(29)15(31)17(33)19(35)21(37)23-7-5-3-1-2-4-6-8-24-22(38)20(36)18(34)16(32)14(30)12(28)10-26/h11-20,25-36H,1-10H2,(H,23,37)(H,24,38)/t11-,12-,13+,14+,15-,16-,17-,18-,19-,20-/m1/s1. The second-order valence-electron chi connectivity index (χ2n) is 9.04. The summed E-state index contributed by atoms with van der Waals surface area (Å²) in [5, 5.41) is 118. The zero-order chi connectivity index (χ0) is 29.4. The third kappa shape index (κ3) is 12.5. The Morgan fingerprint density at radius 1 is 0.447 bits per heavy atom. The molecule has 0 aliphatic heterocycles. The molecule has 0 radical (unpaired) electrons. The smallest absolute Gasteiger partial charge is 0.251 e. The topological polar surface area (TPSA) is 301 Å². The predicted octanol–water partition coefficient (Wildman–Crippen LogP) is -6.85. The summed E-state index contributed by atoms with van der Waals surface area (Å²) in [4.78, 5) is 23.8. The van der Waals surface area contributed by atoms with Crippen molar-refractivity contribution in [1.29, 1.82) is 0 Å². The van der Waals surface area contributed by atoms with Crippen LogP contribution in [0.4, 0.5) is 0 Å². The summed E-state index contributed by atoms with van der Waals surface area (Å²) in [6, 6.07) is 0. The van der Waals surface area contributed by atoms with Crippen molar-refractivity contribution in [2.75, 3.05) is 26.3 Å². The summed E-state index contributed by atoms with van der Waals surface area (Å²) in [5.74, 6) is -1.98. The lowest BCUT2D eigenvalue weighted by Crippen LogP contribution is -2.54. The normalized spacial score (nSPS) is 19.8. The first kappa shape index (κ1) is 36.5. The summed E-state index contributed by atoms with van der Waals surface area (Å²) < 4.78 is 0. The Balaban J connectivity index is 4.02. The summed E-state index contributed by atoms with van der Waals surface area (Å²) in [6.45, 7) is -1.48. The number of hydrogen-bond donors (Lipinski definition) is 14. The highest BCUT2D eigenvalue weighted by atomic mass is 16.4. The SMILES string of the molecule is O=C(NCCCCCCCCNC(=O)[C@H](O)[C@H](O)[C@H](O)[C@@H](O)[C@H](O)CO)[C@H](O)[C@H](O)[C@H](O)[C@@H](O)[C@H](O)CO. The summed E-state index contributed by atoms with van der Waals surface area (Å²) in [7, 11) is 0. The highest BCUT2D eigenvalue weighted by Crippen LogP contribution is 2.11. The number of aliphatic hydroxyl groups is 12. The number of unbranched alkanes of at least 4 members (excludes halogenated alkanes) is 5. The van der Waals surface area contributed by atoms with Gasteiger partial charge in [-0.1, -0.05) is 25.7 Å². The Bertz CT molecular complexity index is 606. The molecule has 0 rings (SSSR count). The van der Waals surface area contributed by atoms with Gasteiger partial charge in [-0.15, -0.1) is 0 Å². The minimum Gasteiger partial charge on any atom is -0.394 e. The molecule has 0 heterocycles. The highest BCUT2D eigenvalue weighted by Gasteiger charge is 2.38. The fourth-order valence-corrected chi connectivity index (χ4v) is 3.35. The molecular formula is C22H44N2O14. The molecule has 226 valence electrons. The summed E-state index contributed by atoms with van der Waals surface area (Å²) in [6.07, 6.45) is -16.0. The molecular weight excluding hydrogens is 516 g/mol. The van der Waals surface area contributed by atoms with Gasteiger partial charge in [0.05, 0.1) is 13.2 Å². The maximum atomic E-state index is 11.9. The molecule has 38 heavy (non-hydrogen) atoms. The highest BCUT2D eigenvalue weighted by molar-refractivity contribution is 5.81. The van der Waals surface area contributed by atoms with Crippen molar-refractivity contribution >= 4 is 11.8 Å². The van der Waals surface area contributed by atoms with Crippen molar-refractivity contribution in [2.45, 2.75) is 99.6 Å². The lowest BCUT2D eigenvalue weighted by molar-refractivity contribution is -0.157. The molecule has 0 aromatic carbocycles. The predicted molar refractivity (Wildman–Crippen MR) is 128 cm³/mol. The van der Waals surface area contributed by atoms with Crippen molar-refractivity contribution in [3.05, 3.63) is 0 Å². The Morgan fingerprint density at radius 2 is 0.737 bits per heavy atom. The molecule has 0 aliphatic rings. The van der Waals surface area contributed by atoms with Gasteiger partial charge < -0.3 is 71.9 Å². The Morgan fingerprint density at radius 3 is 1.03 bits per heavy atom. The van der Waals surface area contributed by atoms with Gasteiger partial charge in [0.1, 0.15) is 48.8 Å². The van der Waals surface area contributed by atoms with Crippen LogP contribution in [-0.4, -0.2) is 160 Å². The maximum absolute atomic E-state index is 11.9. The van der Waals surface area contributed by atoms with E-state index < -0.39 is 86.1 Å². The molecule has 0 fully saturated rings. The van der Waals surface area contributed by atoms with Gasteiger partial charge in [0, 0.05) is 13.1 Å². The molecule has 0 spiro atoms. The molecule has 0 aromatic rings. The number of amides is 2. The van der Waals surface area contributed by atoms with E-state index in [0.29, 0.717) is 25.7 Å². The van der Waals surface area contributed by atoms with E-state index in [4.69, 9.17) is 10.2 Å². The van der Waals surface area contributed by atoms with Gasteiger partial charge in [-0.2, -0.15) is 0 Å². The molecule has 14 N–H and O–H groups in total. The van der Waals surface area contributed by atoms with Crippen molar-refractivity contribution in [3.8, 4) is 0 Å². The first-order chi connectivity index (χ1) is 17.8. The monoisotopic (exact) mass is 560 g/mol. The van der Waals surface area contributed by atoms with E-state index in [1.54, 1.807) is 0 Å². The van der Waals surface area contributed by atoms with Gasteiger partial charge in [-0.05, 0) is 12.8 Å². The summed E-state index contributed by atoms with van der Waals surface area (Å²) >= 11 is 0. The zero-order valence-electron chi connectivity index (χ0n) is 21.0. The first-order valence-corrected chi connectivity index (χ1v) is 12.4. The first-order valence-electron chi connectivity index (χ1n) is 12.4. The van der Waals surface area contributed by atoms with Crippen molar-refractivity contribution in [2.24, 2.45) is 0 Å². The van der Waals surface area contributed by atoms with E-state index in [2.05, 4.69) is 10.6 Å². The van der Waals surface area contributed by atoms with Gasteiger partial charge in [0.2, 0.25) is 0 Å². The Labute approximate surface area is 219 Å². The van der Waals surface area contributed by atoms with Gasteiger partial charge >= 0.3 is 0 Å². The molecule has 0 aliphatic carbocycles. The number of rotatable bonds is 21. The van der Waals surface area contributed by atoms with E-state index >= 15 is 0 Å². The van der Waals surface area contributed by atoms with Crippen LogP contribution >= 0.6 is 0 Å². The fourth-order valence-electron chi connectivity index (χ4n) is 3.35. The second-order valence-corrected chi connectivity index (χ2v) is 9.04. The molecule has 0 bridgehead atoms. The number of hydrogen-bond acceptors (Lipinski definition) is 14. The minimum absolute atomic E-state index is 0.159. The van der Waals surface area contributed by atoms with Crippen LogP contribution in [0, 0.1) is 0 Å². The van der Waals surface area contributed by atoms with E-state index in [0.717, 1.165) is 12.8 Å². The van der Waals surface area contributed by atoms with Gasteiger partial charge in [0.25, 0.3) is 11.8 Å². The van der Waals surface area contributed by atoms with Crippen molar-refractivity contribution in [1.82, 2.24) is 10.6 Å². The van der Waals surface area contributed by atoms with Gasteiger partial charge in [0.15, 0.2) is 12.2 Å². The summed E-state index contributed by atoms with van der Waals surface area (Å²) in [5.41, 5.74) is 0. The third-order valence-electron chi connectivity index (χ3n) is 5.95. The Hall–Kier alpha value is -1.54. The lowest BCUT2D eigenvalue weighted by Gasteiger charge is -2.27. The van der Waals surface area contributed by atoms with Crippen LogP contribution in [0.5, 0.6) is 0 Å². The number of carbonyl (C=O) groups is 2. The van der Waals surface area contributed by atoms with E-state index in [9.17, 15) is 60.7 Å². The molecule has 16 nitrogen and oxygen atoms in total. The number of carbonyl (C=O) groups excluding carboxylic acids is 2. The fraction of sp³-hybridized carbons (Fsp3) is 0.909. The third-order valence-corrected chi connectivity index (χ3v) is 5.95. The molecule has 0 unspecified atom stereocenters. The average molecular weight is 561 g/mol. The molecule has 0 saturated heterocycles. The number of nitrogens with one attached hydrogen (secondary N) is 2. The Kier molecular flexibility index (Phi) is 18.7. The van der Waals surface area contributed by atoms with Crippen molar-refractivity contribution in [3.63, 3.8) is 0 Å². The number of aliphatic hydroxyl groups excluding tert-OH is 12. The van der Waals surface area contributed by atoms with Gasteiger partial charge in [-0.25, -0.2) is 0 Å². The molecule has 2 amide bonds. The van der Waals surface area contributed by atoms with Crippen LogP contribution in [-0.2, 0) is 9.59 Å². The van der Waals surface area contributed by atoms with Gasteiger partial charge in [-0.3, -0.25) is 9.59 Å². The van der Waals surface area contributed by atoms with E-state index in [1.165, 1.54) is 0 Å².